The zero-order valence-electron chi connectivity index (χ0n) is 15.0. The Morgan fingerprint density at radius 1 is 0.429 bits per heavy atom. The van der Waals surface area contributed by atoms with Gasteiger partial charge in [0.25, 0.3) is 0 Å². The summed E-state index contributed by atoms with van der Waals surface area (Å²) in [7, 11) is 0. The third-order valence-electron chi connectivity index (χ3n) is 4.71. The molecule has 0 unspecified atom stereocenters. The van der Waals surface area contributed by atoms with Crippen molar-refractivity contribution < 1.29 is 0 Å². The molecule has 0 bridgehead atoms. The Hall–Kier alpha value is -2.94. The van der Waals surface area contributed by atoms with E-state index in [4.69, 9.17) is 34.7 Å². The highest BCUT2D eigenvalue weighted by Gasteiger charge is 2.16. The summed E-state index contributed by atoms with van der Waals surface area (Å²) in [4.78, 5) is 0. The molecular formula is C24H18Cl2N2. The summed E-state index contributed by atoms with van der Waals surface area (Å²) in [6.07, 6.45) is 0. The normalized spacial score (nSPS) is 10.8. The minimum absolute atomic E-state index is 0.670. The lowest BCUT2D eigenvalue weighted by atomic mass is 9.88. The molecule has 0 aliphatic carbocycles. The Labute approximate surface area is 174 Å². The van der Waals surface area contributed by atoms with Crippen LogP contribution >= 0.6 is 23.2 Å². The number of anilines is 2. The summed E-state index contributed by atoms with van der Waals surface area (Å²) >= 11 is 13.0. The molecule has 0 aliphatic rings. The molecule has 2 nitrogen and oxygen atoms in total. The van der Waals surface area contributed by atoms with Gasteiger partial charge < -0.3 is 11.5 Å². The smallest absolute Gasteiger partial charge is 0.0484 e. The SMILES string of the molecule is Nc1ccc(-c2ccc(N)cc2-c2ccccc2Cl)c(-c2ccccc2Cl)c1. The standard InChI is InChI=1S/C24H18Cl2N2/c25-23-7-3-1-5-19(23)21-13-15(27)9-11-17(21)18-12-10-16(28)14-22(18)20-6-2-4-8-24(20)26/h1-14H,27-28H2. The van der Waals surface area contributed by atoms with Gasteiger partial charge in [-0.3, -0.25) is 0 Å². The van der Waals surface area contributed by atoms with E-state index in [9.17, 15) is 0 Å². The Kier molecular flexibility index (Phi) is 4.99. The average molecular weight is 405 g/mol. The van der Waals surface area contributed by atoms with Gasteiger partial charge in [0.05, 0.1) is 0 Å². The van der Waals surface area contributed by atoms with E-state index in [1.54, 1.807) is 0 Å². The molecule has 0 aliphatic heterocycles. The molecule has 138 valence electrons. The molecule has 28 heavy (non-hydrogen) atoms. The van der Waals surface area contributed by atoms with Crippen molar-refractivity contribution in [2.24, 2.45) is 0 Å². The predicted molar refractivity (Wildman–Crippen MR) is 122 cm³/mol. The average Bonchev–Trinajstić information content (AvgIpc) is 2.69. The quantitative estimate of drug-likeness (QED) is 0.355. The van der Waals surface area contributed by atoms with Crippen LogP contribution in [0.15, 0.2) is 84.9 Å². The monoisotopic (exact) mass is 404 g/mol. The van der Waals surface area contributed by atoms with Gasteiger partial charge in [-0.2, -0.15) is 0 Å². The van der Waals surface area contributed by atoms with E-state index in [1.807, 2.05) is 84.9 Å². The minimum atomic E-state index is 0.670. The fourth-order valence-electron chi connectivity index (χ4n) is 3.40. The first-order chi connectivity index (χ1) is 13.5. The van der Waals surface area contributed by atoms with Crippen LogP contribution in [-0.4, -0.2) is 0 Å². The van der Waals surface area contributed by atoms with E-state index >= 15 is 0 Å². The Balaban J connectivity index is 2.02. The maximum Gasteiger partial charge on any atom is 0.0484 e. The van der Waals surface area contributed by atoms with E-state index in [0.29, 0.717) is 21.4 Å². The zero-order chi connectivity index (χ0) is 19.7. The Bertz CT molecular complexity index is 1080. The first kappa shape index (κ1) is 18.4. The molecule has 0 heterocycles. The number of hydrogen-bond donors (Lipinski definition) is 2. The lowest BCUT2D eigenvalue weighted by Crippen LogP contribution is -1.94. The van der Waals surface area contributed by atoms with E-state index in [1.165, 1.54) is 0 Å². The van der Waals surface area contributed by atoms with Crippen molar-refractivity contribution in [3.05, 3.63) is 95.0 Å². The fourth-order valence-corrected chi connectivity index (χ4v) is 3.87. The molecule has 4 N–H and O–H groups in total. The molecule has 4 aromatic carbocycles. The van der Waals surface area contributed by atoms with Gasteiger partial charge in [-0.1, -0.05) is 71.7 Å². The molecule has 0 atom stereocenters. The maximum absolute atomic E-state index is 6.50. The van der Waals surface area contributed by atoms with Crippen LogP contribution in [0.2, 0.25) is 10.0 Å². The van der Waals surface area contributed by atoms with Gasteiger partial charge in [0, 0.05) is 32.5 Å². The van der Waals surface area contributed by atoms with Crippen molar-refractivity contribution in [1.82, 2.24) is 0 Å². The number of hydrogen-bond acceptors (Lipinski definition) is 2. The number of rotatable bonds is 3. The van der Waals surface area contributed by atoms with Crippen LogP contribution in [-0.2, 0) is 0 Å². The molecule has 4 aromatic rings. The largest absolute Gasteiger partial charge is 0.399 e. The highest BCUT2D eigenvalue weighted by molar-refractivity contribution is 6.34. The van der Waals surface area contributed by atoms with Crippen LogP contribution in [0.25, 0.3) is 33.4 Å². The fraction of sp³-hybridized carbons (Fsp3) is 0. The van der Waals surface area contributed by atoms with Gasteiger partial charge in [-0.25, -0.2) is 0 Å². The predicted octanol–water partition coefficient (Wildman–Crippen LogP) is 7.16. The second-order valence-electron chi connectivity index (χ2n) is 6.57. The Morgan fingerprint density at radius 2 is 0.821 bits per heavy atom. The van der Waals surface area contributed by atoms with Gasteiger partial charge in [0.2, 0.25) is 0 Å². The molecule has 4 heteroatoms. The summed E-state index contributed by atoms with van der Waals surface area (Å²) in [5.74, 6) is 0. The minimum Gasteiger partial charge on any atom is -0.399 e. The van der Waals surface area contributed by atoms with Crippen LogP contribution in [0.1, 0.15) is 0 Å². The van der Waals surface area contributed by atoms with Gasteiger partial charge in [0.1, 0.15) is 0 Å². The second kappa shape index (κ2) is 7.59. The number of nitrogen functional groups attached to an aromatic ring is 2. The van der Waals surface area contributed by atoms with Crippen molar-refractivity contribution in [2.45, 2.75) is 0 Å². The third-order valence-corrected chi connectivity index (χ3v) is 5.36. The van der Waals surface area contributed by atoms with Crippen LogP contribution in [0.5, 0.6) is 0 Å². The topological polar surface area (TPSA) is 52.0 Å². The van der Waals surface area contributed by atoms with Crippen molar-refractivity contribution >= 4 is 34.6 Å². The van der Waals surface area contributed by atoms with Crippen molar-refractivity contribution in [2.75, 3.05) is 11.5 Å². The highest BCUT2D eigenvalue weighted by atomic mass is 35.5. The molecule has 0 aromatic heterocycles. The van der Waals surface area contributed by atoms with E-state index < -0.39 is 0 Å². The number of nitrogens with two attached hydrogens (primary N) is 2. The first-order valence-electron chi connectivity index (χ1n) is 8.84. The van der Waals surface area contributed by atoms with Gasteiger partial charge in [0.15, 0.2) is 0 Å². The van der Waals surface area contributed by atoms with Crippen LogP contribution in [0, 0.1) is 0 Å². The van der Waals surface area contributed by atoms with Crippen molar-refractivity contribution in [3.8, 4) is 33.4 Å². The van der Waals surface area contributed by atoms with Gasteiger partial charge in [-0.15, -0.1) is 0 Å². The molecule has 0 fully saturated rings. The molecule has 0 spiro atoms. The van der Waals surface area contributed by atoms with E-state index in [2.05, 4.69) is 0 Å². The lowest BCUT2D eigenvalue weighted by Gasteiger charge is -2.17. The van der Waals surface area contributed by atoms with Gasteiger partial charge in [-0.05, 0) is 58.7 Å². The van der Waals surface area contributed by atoms with Crippen molar-refractivity contribution in [3.63, 3.8) is 0 Å². The summed E-state index contributed by atoms with van der Waals surface area (Å²) < 4.78 is 0. The molecule has 0 saturated carbocycles. The molecule has 0 saturated heterocycles. The molecule has 0 amide bonds. The zero-order valence-corrected chi connectivity index (χ0v) is 16.5. The third kappa shape index (κ3) is 3.45. The molecular weight excluding hydrogens is 387 g/mol. The lowest BCUT2D eigenvalue weighted by molar-refractivity contribution is 1.56. The van der Waals surface area contributed by atoms with Crippen LogP contribution in [0.3, 0.4) is 0 Å². The second-order valence-corrected chi connectivity index (χ2v) is 7.38. The summed E-state index contributed by atoms with van der Waals surface area (Å²) in [6, 6.07) is 27.2. The first-order valence-corrected chi connectivity index (χ1v) is 9.59. The van der Waals surface area contributed by atoms with Crippen molar-refractivity contribution in [1.29, 1.82) is 0 Å². The highest BCUT2D eigenvalue weighted by Crippen LogP contribution is 2.43. The summed E-state index contributed by atoms with van der Waals surface area (Å²) in [5.41, 5.74) is 19.4. The Morgan fingerprint density at radius 3 is 1.21 bits per heavy atom. The van der Waals surface area contributed by atoms with E-state index in [0.717, 1.165) is 33.4 Å². The van der Waals surface area contributed by atoms with Gasteiger partial charge >= 0.3 is 0 Å². The number of halogens is 2. The van der Waals surface area contributed by atoms with Crippen LogP contribution in [0.4, 0.5) is 11.4 Å². The van der Waals surface area contributed by atoms with Crippen LogP contribution < -0.4 is 11.5 Å². The summed E-state index contributed by atoms with van der Waals surface area (Å²) in [5, 5.41) is 1.34. The van der Waals surface area contributed by atoms with E-state index in [-0.39, 0.29) is 0 Å². The molecule has 4 rings (SSSR count). The maximum atomic E-state index is 6.50. The molecule has 0 radical (unpaired) electrons. The number of benzene rings is 4. The summed E-state index contributed by atoms with van der Waals surface area (Å²) in [6.45, 7) is 0.